The Morgan fingerprint density at radius 2 is 1.91 bits per heavy atom. The lowest BCUT2D eigenvalue weighted by molar-refractivity contribution is 0.0927. The highest BCUT2D eigenvalue weighted by molar-refractivity contribution is 5.98. The van der Waals surface area contributed by atoms with E-state index in [1.54, 1.807) is 6.07 Å². The molecule has 0 aliphatic carbocycles. The van der Waals surface area contributed by atoms with Gasteiger partial charge in [-0.15, -0.1) is 0 Å². The van der Waals surface area contributed by atoms with Gasteiger partial charge in [0.2, 0.25) is 0 Å². The number of benzene rings is 2. The van der Waals surface area contributed by atoms with Crippen molar-refractivity contribution in [2.45, 2.75) is 45.1 Å². The molecule has 2 amide bonds. The van der Waals surface area contributed by atoms with E-state index in [9.17, 15) is 19.1 Å². The van der Waals surface area contributed by atoms with E-state index < -0.39 is 12.8 Å². The Bertz CT molecular complexity index is 1100. The van der Waals surface area contributed by atoms with E-state index in [4.69, 9.17) is 9.47 Å². The van der Waals surface area contributed by atoms with Gasteiger partial charge >= 0.3 is 6.09 Å². The average Bonchev–Trinajstić information content (AvgIpc) is 3.20. The van der Waals surface area contributed by atoms with Crippen LogP contribution in [0.1, 0.15) is 60.2 Å². The average molecular weight is 485 g/mol. The first-order valence-electron chi connectivity index (χ1n) is 12.0. The molecule has 4 rings (SSSR count). The number of hydrogen-bond donors (Lipinski definition) is 2. The molecule has 0 spiro atoms. The van der Waals surface area contributed by atoms with Crippen LogP contribution in [0.25, 0.3) is 0 Å². The number of amides is 2. The van der Waals surface area contributed by atoms with E-state index >= 15 is 0 Å². The molecule has 188 valence electrons. The van der Waals surface area contributed by atoms with Gasteiger partial charge in [0.05, 0.1) is 6.61 Å². The second kappa shape index (κ2) is 10.1. The van der Waals surface area contributed by atoms with E-state index in [1.807, 2.05) is 30.3 Å². The number of carbonyl (C=O) groups is 2. The Kier molecular flexibility index (Phi) is 7.19. The fourth-order valence-electron chi connectivity index (χ4n) is 5.02. The summed E-state index contributed by atoms with van der Waals surface area (Å²) >= 11 is 0. The summed E-state index contributed by atoms with van der Waals surface area (Å²) in [5.41, 5.74) is 3.61. The molecule has 2 aromatic carbocycles. The molecule has 0 aromatic heterocycles. The van der Waals surface area contributed by atoms with Crippen LogP contribution in [0.3, 0.4) is 0 Å². The maximum Gasteiger partial charge on any atom is 0.407 e. The zero-order chi connectivity index (χ0) is 25.2. The number of piperidine rings is 1. The Hall–Kier alpha value is -3.29. The summed E-state index contributed by atoms with van der Waals surface area (Å²) in [7, 11) is 0. The van der Waals surface area contributed by atoms with Crippen molar-refractivity contribution in [1.82, 2.24) is 10.2 Å². The number of halogens is 1. The summed E-state index contributed by atoms with van der Waals surface area (Å²) in [5.74, 6) is 1.11. The number of alkyl halides is 1. The zero-order valence-corrected chi connectivity index (χ0v) is 20.5. The van der Waals surface area contributed by atoms with Crippen LogP contribution >= 0.6 is 0 Å². The molecule has 2 heterocycles. The predicted molar refractivity (Wildman–Crippen MR) is 130 cm³/mol. The molecule has 2 aliphatic heterocycles. The highest BCUT2D eigenvalue weighted by Crippen LogP contribution is 2.40. The minimum Gasteiger partial charge on any atom is -0.493 e. The maximum atomic E-state index is 12.6. The van der Waals surface area contributed by atoms with Crippen molar-refractivity contribution in [3.05, 3.63) is 58.7 Å². The van der Waals surface area contributed by atoms with Crippen LogP contribution in [0.15, 0.2) is 36.4 Å². The van der Waals surface area contributed by atoms with E-state index in [0.717, 1.165) is 16.7 Å². The smallest absolute Gasteiger partial charge is 0.407 e. The van der Waals surface area contributed by atoms with Crippen molar-refractivity contribution in [3.8, 4) is 11.5 Å². The summed E-state index contributed by atoms with van der Waals surface area (Å²) < 4.78 is 24.3. The normalized spacial score (nSPS) is 19.8. The molecule has 2 atom stereocenters. The molecule has 2 unspecified atom stereocenters. The van der Waals surface area contributed by atoms with Gasteiger partial charge < -0.3 is 24.8 Å². The minimum absolute atomic E-state index is 0.00912. The van der Waals surface area contributed by atoms with Gasteiger partial charge in [-0.2, -0.15) is 0 Å². The van der Waals surface area contributed by atoms with Crippen LogP contribution in [0, 0.1) is 5.92 Å². The molecule has 0 bridgehead atoms. The van der Waals surface area contributed by atoms with Crippen molar-refractivity contribution in [2.24, 2.45) is 5.92 Å². The first-order chi connectivity index (χ1) is 16.7. The third-order valence-electron chi connectivity index (χ3n) is 6.81. The fraction of sp³-hybridized carbons (Fsp3) is 0.481. The van der Waals surface area contributed by atoms with Gasteiger partial charge in [0.25, 0.3) is 5.91 Å². The number of carboxylic acid groups (broad SMARTS) is 1. The second-order valence-electron chi connectivity index (χ2n) is 10.2. The summed E-state index contributed by atoms with van der Waals surface area (Å²) in [6.07, 6.45) is -0.269. The van der Waals surface area contributed by atoms with E-state index in [2.05, 4.69) is 26.1 Å². The maximum absolute atomic E-state index is 12.6. The van der Waals surface area contributed by atoms with Gasteiger partial charge in [0.1, 0.15) is 24.8 Å². The number of nitrogens with zero attached hydrogens (tertiary/aromatic N) is 1. The minimum atomic E-state index is -0.936. The molecule has 35 heavy (non-hydrogen) atoms. The molecule has 7 nitrogen and oxygen atoms in total. The van der Waals surface area contributed by atoms with Crippen molar-refractivity contribution in [1.29, 1.82) is 0 Å². The molecule has 0 saturated carbocycles. The fourth-order valence-corrected chi connectivity index (χ4v) is 5.02. The Morgan fingerprint density at radius 1 is 1.17 bits per heavy atom. The molecule has 0 radical (unpaired) electrons. The van der Waals surface area contributed by atoms with Gasteiger partial charge in [0.15, 0.2) is 0 Å². The summed E-state index contributed by atoms with van der Waals surface area (Å²) in [6.45, 7) is 7.47. The van der Waals surface area contributed by atoms with Crippen LogP contribution < -0.4 is 14.8 Å². The molecule has 8 heteroatoms. The van der Waals surface area contributed by atoms with Crippen molar-refractivity contribution >= 4 is 12.0 Å². The number of ether oxygens (including phenoxy) is 2. The number of rotatable bonds is 7. The molecule has 1 saturated heterocycles. The van der Waals surface area contributed by atoms with Crippen molar-refractivity contribution in [2.75, 3.05) is 33.0 Å². The number of carbonyl (C=O) groups excluding carboxylic acids is 1. The van der Waals surface area contributed by atoms with Crippen LogP contribution in [-0.4, -0.2) is 55.0 Å². The van der Waals surface area contributed by atoms with E-state index in [-0.39, 0.29) is 29.8 Å². The molecule has 1 fully saturated rings. The second-order valence-corrected chi connectivity index (χ2v) is 10.2. The topological polar surface area (TPSA) is 88.1 Å². The SMILES string of the molecule is CC(C)(C)c1cc(OCCF)ccc1C1CCN(C(=O)O)CC1COc1ccc2c(c1)C(=O)NC2. The largest absolute Gasteiger partial charge is 0.493 e. The van der Waals surface area contributed by atoms with Gasteiger partial charge in [0, 0.05) is 31.1 Å². The van der Waals surface area contributed by atoms with Crippen LogP contribution in [0.5, 0.6) is 11.5 Å². The van der Waals surface area contributed by atoms with E-state index in [0.29, 0.717) is 49.7 Å². The Morgan fingerprint density at radius 3 is 2.63 bits per heavy atom. The van der Waals surface area contributed by atoms with Crippen LogP contribution in [-0.2, 0) is 12.0 Å². The Balaban J connectivity index is 1.61. The molecular formula is C27H33FN2O5. The molecule has 2 aromatic rings. The standard InChI is InChI=1S/C27H33FN2O5/c1-27(2,3)24-13-20(34-11-9-28)6-7-22(24)21-8-10-30(26(32)33)15-18(21)16-35-19-5-4-17-14-29-25(31)23(17)12-19/h4-7,12-13,18,21H,8-11,14-16H2,1-3H3,(H,29,31)(H,32,33). The van der Waals surface area contributed by atoms with Gasteiger partial charge in [-0.3, -0.25) is 4.79 Å². The first kappa shape index (κ1) is 24.8. The van der Waals surface area contributed by atoms with Gasteiger partial charge in [-0.25, -0.2) is 9.18 Å². The van der Waals surface area contributed by atoms with Gasteiger partial charge in [-0.05, 0) is 58.7 Å². The van der Waals surface area contributed by atoms with Gasteiger partial charge in [-0.1, -0.05) is 32.9 Å². The quantitative estimate of drug-likeness (QED) is 0.593. The predicted octanol–water partition coefficient (Wildman–Crippen LogP) is 4.74. The molecular weight excluding hydrogens is 451 g/mol. The monoisotopic (exact) mass is 484 g/mol. The number of nitrogens with one attached hydrogen (secondary N) is 1. The number of fused-ring (bicyclic) bond motifs is 1. The third-order valence-corrected chi connectivity index (χ3v) is 6.81. The lowest BCUT2D eigenvalue weighted by Crippen LogP contribution is -2.44. The molecule has 2 N–H and O–H groups in total. The first-order valence-corrected chi connectivity index (χ1v) is 12.0. The Labute approximate surface area is 205 Å². The number of hydrogen-bond acceptors (Lipinski definition) is 4. The lowest BCUT2D eigenvalue weighted by atomic mass is 9.73. The highest BCUT2D eigenvalue weighted by Gasteiger charge is 2.36. The summed E-state index contributed by atoms with van der Waals surface area (Å²) in [4.78, 5) is 25.2. The summed E-state index contributed by atoms with van der Waals surface area (Å²) in [5, 5.41) is 12.4. The summed E-state index contributed by atoms with van der Waals surface area (Å²) in [6, 6.07) is 11.4. The van der Waals surface area contributed by atoms with Crippen LogP contribution in [0.2, 0.25) is 0 Å². The zero-order valence-electron chi connectivity index (χ0n) is 20.5. The molecule has 2 aliphatic rings. The lowest BCUT2D eigenvalue weighted by Gasteiger charge is -2.39. The van der Waals surface area contributed by atoms with E-state index in [1.165, 1.54) is 4.90 Å². The number of likely N-dealkylation sites (tertiary alicyclic amines) is 1. The van der Waals surface area contributed by atoms with Crippen molar-refractivity contribution < 1.29 is 28.6 Å². The van der Waals surface area contributed by atoms with Crippen molar-refractivity contribution in [3.63, 3.8) is 0 Å². The van der Waals surface area contributed by atoms with Crippen LogP contribution in [0.4, 0.5) is 9.18 Å². The highest BCUT2D eigenvalue weighted by atomic mass is 19.1. The third kappa shape index (κ3) is 5.52.